The summed E-state index contributed by atoms with van der Waals surface area (Å²) in [6, 6.07) is 15.1. The van der Waals surface area contributed by atoms with Crippen LogP contribution in [0.1, 0.15) is 102 Å². The van der Waals surface area contributed by atoms with Crippen LogP contribution in [-0.2, 0) is 41.5 Å². The van der Waals surface area contributed by atoms with Gasteiger partial charge in [0, 0.05) is 0 Å². The van der Waals surface area contributed by atoms with Crippen molar-refractivity contribution in [1.29, 1.82) is 0 Å². The Balaban J connectivity index is 0.000000360. The van der Waals surface area contributed by atoms with Crippen molar-refractivity contribution in [2.45, 2.75) is 97.3 Å². The van der Waals surface area contributed by atoms with Crippen LogP contribution in [0.15, 0.2) is 48.6 Å². The van der Waals surface area contributed by atoms with Crippen molar-refractivity contribution >= 4 is 3.21 Å². The molecule has 0 heterocycles. The Morgan fingerprint density at radius 2 is 1.43 bits per heavy atom. The van der Waals surface area contributed by atoms with Crippen molar-refractivity contribution in [1.82, 2.24) is 0 Å². The second-order valence-electron chi connectivity index (χ2n) is 11.5. The van der Waals surface area contributed by atoms with E-state index in [1.807, 2.05) is 12.2 Å². The third-order valence-corrected chi connectivity index (χ3v) is 7.80. The van der Waals surface area contributed by atoms with Gasteiger partial charge in [-0.1, -0.05) is 76.3 Å². The molecule has 5 rings (SSSR count). The monoisotopic (exact) mass is 584 g/mol. The molecule has 2 aromatic rings. The van der Waals surface area contributed by atoms with Crippen LogP contribution in [0, 0.1) is 12.1 Å². The maximum atomic E-state index is 3.53. The molecule has 0 amide bonds. The van der Waals surface area contributed by atoms with Crippen molar-refractivity contribution in [2.75, 3.05) is 0 Å². The van der Waals surface area contributed by atoms with Gasteiger partial charge in [0.2, 0.25) is 0 Å². The van der Waals surface area contributed by atoms with Crippen LogP contribution in [0.25, 0.3) is 11.1 Å². The average molecular weight is 587 g/mol. The molecule has 35 heavy (non-hydrogen) atoms. The zero-order chi connectivity index (χ0) is 24.1. The molecule has 0 N–H and O–H groups in total. The Bertz CT molecular complexity index is 953. The molecule has 0 nitrogen and oxygen atoms in total. The van der Waals surface area contributed by atoms with Gasteiger partial charge in [-0.2, -0.15) is 35.4 Å². The maximum absolute atomic E-state index is 3.53. The van der Waals surface area contributed by atoms with Crippen LogP contribution in [-0.4, -0.2) is 3.21 Å². The Labute approximate surface area is 242 Å². The second kappa shape index (κ2) is 14.3. The van der Waals surface area contributed by atoms with E-state index in [9.17, 15) is 0 Å². The molecule has 0 radical (unpaired) electrons. The molecule has 3 heteroatoms. The zero-order valence-corrected chi connectivity index (χ0v) is 26.3. The summed E-state index contributed by atoms with van der Waals surface area (Å²) in [5.41, 5.74) is 8.76. The number of allylic oxidation sites excluding steroid dienone is 4. The van der Waals surface area contributed by atoms with Crippen LogP contribution in [0.3, 0.4) is 0 Å². The van der Waals surface area contributed by atoms with Crippen molar-refractivity contribution in [3.63, 3.8) is 0 Å². The molecule has 1 fully saturated rings. The summed E-state index contributed by atoms with van der Waals surface area (Å²) in [4.78, 5) is 0. The molecule has 0 bridgehead atoms. The van der Waals surface area contributed by atoms with E-state index in [0.717, 1.165) is 12.8 Å². The molecule has 0 saturated heterocycles. The summed E-state index contributed by atoms with van der Waals surface area (Å²) < 4.78 is 1.80. The number of hydrogen-bond donors (Lipinski definition) is 0. The van der Waals surface area contributed by atoms with E-state index >= 15 is 0 Å². The molecule has 3 aliphatic carbocycles. The number of benzene rings is 2. The summed E-state index contributed by atoms with van der Waals surface area (Å²) in [6.45, 7) is 13.6. The van der Waals surface area contributed by atoms with Gasteiger partial charge < -0.3 is 24.8 Å². The van der Waals surface area contributed by atoms with E-state index in [-0.39, 0.29) is 35.6 Å². The van der Waals surface area contributed by atoms with Gasteiger partial charge in [0.25, 0.3) is 0 Å². The van der Waals surface area contributed by atoms with Gasteiger partial charge in [0.05, 0.1) is 0 Å². The van der Waals surface area contributed by atoms with Gasteiger partial charge in [-0.25, -0.2) is 12.2 Å². The van der Waals surface area contributed by atoms with Gasteiger partial charge in [0.1, 0.15) is 0 Å². The number of halogens is 2. The molecular weight excluding hydrogens is 546 g/mol. The first-order valence-electron chi connectivity index (χ1n) is 12.5. The Hall–Kier alpha value is -0.747. The second-order valence-corrected chi connectivity index (χ2v) is 13.2. The van der Waals surface area contributed by atoms with Crippen molar-refractivity contribution in [3.05, 3.63) is 83.0 Å². The zero-order valence-electron chi connectivity index (χ0n) is 22.3. The van der Waals surface area contributed by atoms with E-state index in [4.69, 9.17) is 0 Å². The summed E-state index contributed by atoms with van der Waals surface area (Å²) in [5.74, 6) is 0. The first kappa shape index (κ1) is 32.3. The SMILES string of the molecule is CC(C)(C)c1c[c-]c2c(c1)-c1cc(C(C)(C)C)ccc1C2.[C-]1=CC=CC1.[Cl-].[Cl-].[Zr+2]=[C]1CCCCC1. The number of rotatable bonds is 0. The summed E-state index contributed by atoms with van der Waals surface area (Å²) in [7, 11) is 0. The van der Waals surface area contributed by atoms with Gasteiger partial charge in [-0.15, -0.1) is 12.0 Å². The molecule has 0 aromatic heterocycles. The molecule has 2 aromatic carbocycles. The van der Waals surface area contributed by atoms with Crippen LogP contribution < -0.4 is 24.8 Å². The fraction of sp³-hybridized carbons (Fsp3) is 0.469. The van der Waals surface area contributed by atoms with Crippen LogP contribution in [0.5, 0.6) is 0 Å². The van der Waals surface area contributed by atoms with Crippen molar-refractivity contribution in [3.8, 4) is 11.1 Å². The van der Waals surface area contributed by atoms with E-state index < -0.39 is 0 Å². The Morgan fingerprint density at radius 3 is 1.89 bits per heavy atom. The molecule has 188 valence electrons. The quantitative estimate of drug-likeness (QED) is 0.356. The van der Waals surface area contributed by atoms with Gasteiger partial charge in [0.15, 0.2) is 0 Å². The van der Waals surface area contributed by atoms with Crippen molar-refractivity contribution < 1.29 is 49.0 Å². The van der Waals surface area contributed by atoms with E-state index in [1.165, 1.54) is 65.5 Å². The first-order valence-corrected chi connectivity index (χ1v) is 13.8. The van der Waals surface area contributed by atoms with E-state index in [1.54, 1.807) is 27.4 Å². The third-order valence-electron chi connectivity index (χ3n) is 6.57. The average Bonchev–Trinajstić information content (AvgIpc) is 3.44. The van der Waals surface area contributed by atoms with Crippen LogP contribution >= 0.6 is 0 Å². The Kier molecular flexibility index (Phi) is 13.2. The van der Waals surface area contributed by atoms with Crippen LogP contribution in [0.4, 0.5) is 0 Å². The summed E-state index contributed by atoms with van der Waals surface area (Å²) in [6.07, 6.45) is 18.3. The third kappa shape index (κ3) is 9.57. The Morgan fingerprint density at radius 1 is 0.800 bits per heavy atom. The standard InChI is InChI=1S/C21H25.C6H10.C5H5.2ClH.Zr/c1-20(2,3)16-9-7-14-11-15-8-10-17(21(4,5)6)13-19(15)18(14)12-16;1-2-4-6-5-3-1;1-2-4-5-3-1;;;/h7,9-10,12-13H,11H2,1-6H3;1-5H2;1-3H,4H2;2*1H;/q-1;;-1;;;+2/p-2. The molecule has 0 unspecified atom stereocenters. The first-order chi connectivity index (χ1) is 15.6. The minimum atomic E-state index is 0. The molecule has 0 atom stereocenters. The molecular formula is C32H40Cl2Zr-2. The van der Waals surface area contributed by atoms with Gasteiger partial charge >= 0.3 is 59.5 Å². The fourth-order valence-electron chi connectivity index (χ4n) is 4.30. The summed E-state index contributed by atoms with van der Waals surface area (Å²) >= 11 is 1.69. The number of fused-ring (bicyclic) bond motifs is 3. The molecule has 3 aliphatic rings. The summed E-state index contributed by atoms with van der Waals surface area (Å²) in [5, 5.41) is 0. The molecule has 0 aliphatic heterocycles. The van der Waals surface area contributed by atoms with Gasteiger partial charge in [-0.05, 0) is 17.4 Å². The van der Waals surface area contributed by atoms with E-state index in [0.29, 0.717) is 0 Å². The van der Waals surface area contributed by atoms with Gasteiger partial charge in [-0.3, -0.25) is 6.08 Å². The fourth-order valence-corrected chi connectivity index (χ4v) is 5.17. The topological polar surface area (TPSA) is 0 Å². The van der Waals surface area contributed by atoms with Crippen LogP contribution in [0.2, 0.25) is 0 Å². The van der Waals surface area contributed by atoms with Crippen molar-refractivity contribution in [2.24, 2.45) is 0 Å². The molecule has 1 saturated carbocycles. The normalized spacial score (nSPS) is 15.5. The number of hydrogen-bond acceptors (Lipinski definition) is 0. The van der Waals surface area contributed by atoms with E-state index in [2.05, 4.69) is 90.1 Å². The predicted octanol–water partition coefficient (Wildman–Crippen LogP) is 2.64. The molecule has 0 spiro atoms. The predicted molar refractivity (Wildman–Crippen MR) is 141 cm³/mol. The minimum absolute atomic E-state index is 0.